The van der Waals surface area contributed by atoms with Crippen molar-refractivity contribution < 1.29 is 17.9 Å². The quantitative estimate of drug-likeness (QED) is 0.504. The number of ether oxygens (including phenoxy) is 2. The topological polar surface area (TPSA) is 116 Å². The molecular weight excluding hydrogens is 308 g/mol. The second-order valence-corrected chi connectivity index (χ2v) is 6.24. The number of halogens is 1. The summed E-state index contributed by atoms with van der Waals surface area (Å²) in [5, 5.41) is 0.118. The highest BCUT2D eigenvalue weighted by Gasteiger charge is 2.20. The molecule has 0 amide bonds. The van der Waals surface area contributed by atoms with Crippen molar-refractivity contribution in [3.05, 3.63) is 17.3 Å². The number of pyridine rings is 1. The van der Waals surface area contributed by atoms with Gasteiger partial charge >= 0.3 is 0 Å². The molecule has 1 saturated heterocycles. The maximum Gasteiger partial charge on any atom is 0.242 e. The Balaban J connectivity index is 2.04. The monoisotopic (exact) mass is 322 g/mol. The Morgan fingerprint density at radius 1 is 1.50 bits per heavy atom. The van der Waals surface area contributed by atoms with E-state index in [9.17, 15) is 8.42 Å². The first-order valence-corrected chi connectivity index (χ1v) is 7.70. The van der Waals surface area contributed by atoms with Crippen molar-refractivity contribution in [1.82, 2.24) is 9.71 Å². The molecular formula is C10H15ClN4O4S. The number of sulfonamides is 1. The van der Waals surface area contributed by atoms with Crippen molar-refractivity contribution in [3.8, 4) is 0 Å². The number of nitrogen functional groups attached to an aromatic ring is 1. The first-order valence-electron chi connectivity index (χ1n) is 5.84. The predicted molar refractivity (Wildman–Crippen MR) is 72.8 cm³/mol. The largest absolute Gasteiger partial charge is 0.376 e. The summed E-state index contributed by atoms with van der Waals surface area (Å²) in [6, 6.07) is 1.27. The highest BCUT2D eigenvalue weighted by Crippen LogP contribution is 2.21. The van der Waals surface area contributed by atoms with Gasteiger partial charge in [-0.1, -0.05) is 11.6 Å². The lowest BCUT2D eigenvalue weighted by Crippen LogP contribution is -2.39. The number of hydrogen-bond acceptors (Lipinski definition) is 7. The summed E-state index contributed by atoms with van der Waals surface area (Å²) in [6.07, 6.45) is 0.869. The van der Waals surface area contributed by atoms with Gasteiger partial charge in [-0.3, -0.25) is 0 Å². The molecule has 0 saturated carbocycles. The Hall–Kier alpha value is -0.970. The Morgan fingerprint density at radius 2 is 2.30 bits per heavy atom. The number of nitrogens with zero attached hydrogens (tertiary/aromatic N) is 1. The van der Waals surface area contributed by atoms with Crippen molar-refractivity contribution >= 4 is 27.4 Å². The predicted octanol–water partition coefficient (Wildman–Crippen LogP) is -0.286. The average molecular weight is 323 g/mol. The molecule has 0 aromatic carbocycles. The van der Waals surface area contributed by atoms with Crippen LogP contribution in [0.3, 0.4) is 0 Å². The van der Waals surface area contributed by atoms with Gasteiger partial charge in [0.1, 0.15) is 4.90 Å². The minimum absolute atomic E-state index is 0.0433. The minimum atomic E-state index is -3.71. The Kier molecular flexibility index (Phi) is 5.13. The highest BCUT2D eigenvalue weighted by atomic mass is 35.5. The van der Waals surface area contributed by atoms with E-state index in [2.05, 4.69) is 15.1 Å². The van der Waals surface area contributed by atoms with E-state index in [-0.39, 0.29) is 28.4 Å². The molecule has 0 aliphatic carbocycles. The van der Waals surface area contributed by atoms with Gasteiger partial charge in [-0.2, -0.15) is 0 Å². The average Bonchev–Trinajstić information content (AvgIpc) is 2.46. The summed E-state index contributed by atoms with van der Waals surface area (Å²) in [5.41, 5.74) is 2.26. The van der Waals surface area contributed by atoms with Gasteiger partial charge in [-0.25, -0.2) is 24.0 Å². The number of nitrogens with one attached hydrogen (secondary N) is 2. The van der Waals surface area contributed by atoms with Crippen LogP contribution in [0.2, 0.25) is 5.02 Å². The van der Waals surface area contributed by atoms with Crippen molar-refractivity contribution in [2.24, 2.45) is 5.84 Å². The molecule has 1 atom stereocenters. The van der Waals surface area contributed by atoms with Gasteiger partial charge < -0.3 is 14.9 Å². The smallest absolute Gasteiger partial charge is 0.242 e. The number of hydrazine groups is 1. The number of anilines is 1. The summed E-state index contributed by atoms with van der Waals surface area (Å²) in [7, 11) is -3.71. The molecule has 1 unspecified atom stereocenters. The molecule has 0 bridgehead atoms. The van der Waals surface area contributed by atoms with Crippen LogP contribution in [-0.2, 0) is 19.5 Å². The molecule has 1 aliphatic heterocycles. The Morgan fingerprint density at radius 3 is 2.90 bits per heavy atom. The fourth-order valence-corrected chi connectivity index (χ4v) is 2.94. The number of rotatable bonds is 5. The van der Waals surface area contributed by atoms with Gasteiger partial charge in [0.05, 0.1) is 30.9 Å². The molecule has 1 aliphatic rings. The van der Waals surface area contributed by atoms with Gasteiger partial charge in [0.2, 0.25) is 10.0 Å². The van der Waals surface area contributed by atoms with Crippen LogP contribution >= 0.6 is 11.6 Å². The van der Waals surface area contributed by atoms with Crippen LogP contribution < -0.4 is 16.0 Å². The van der Waals surface area contributed by atoms with Crippen LogP contribution in [0, 0.1) is 0 Å². The SMILES string of the molecule is NNc1ncc(S(=O)(=O)NCC2COCCO2)cc1Cl. The van der Waals surface area contributed by atoms with Crippen LogP contribution in [0.1, 0.15) is 0 Å². The molecule has 2 rings (SSSR count). The zero-order valence-corrected chi connectivity index (χ0v) is 12.1. The number of hydrogen-bond donors (Lipinski definition) is 3. The summed E-state index contributed by atoms with van der Waals surface area (Å²) >= 11 is 5.84. The third kappa shape index (κ3) is 3.78. The van der Waals surface area contributed by atoms with Gasteiger partial charge in [-0.05, 0) is 6.07 Å². The molecule has 10 heteroatoms. The summed E-state index contributed by atoms with van der Waals surface area (Å²) in [6.45, 7) is 1.46. The Bertz CT molecular complexity index is 562. The Labute approximate surface area is 121 Å². The van der Waals surface area contributed by atoms with Crippen molar-refractivity contribution in [1.29, 1.82) is 0 Å². The highest BCUT2D eigenvalue weighted by molar-refractivity contribution is 7.89. The van der Waals surface area contributed by atoms with Gasteiger partial charge in [0.25, 0.3) is 0 Å². The van der Waals surface area contributed by atoms with E-state index in [1.54, 1.807) is 0 Å². The zero-order chi connectivity index (χ0) is 14.6. The van der Waals surface area contributed by atoms with Crippen LogP contribution in [-0.4, -0.2) is 45.9 Å². The first kappa shape index (κ1) is 15.4. The molecule has 0 radical (unpaired) electrons. The molecule has 1 fully saturated rings. The lowest BCUT2D eigenvalue weighted by Gasteiger charge is -2.23. The second kappa shape index (κ2) is 6.66. The molecule has 8 nitrogen and oxygen atoms in total. The van der Waals surface area contributed by atoms with Crippen LogP contribution in [0.25, 0.3) is 0 Å². The number of aromatic nitrogens is 1. The summed E-state index contributed by atoms with van der Waals surface area (Å²) in [4.78, 5) is 3.77. The van der Waals surface area contributed by atoms with Crippen LogP contribution in [0.15, 0.2) is 17.2 Å². The van der Waals surface area contributed by atoms with Gasteiger partial charge in [0, 0.05) is 12.7 Å². The first-order chi connectivity index (χ1) is 9.53. The van der Waals surface area contributed by atoms with E-state index in [0.29, 0.717) is 19.8 Å². The van der Waals surface area contributed by atoms with E-state index in [1.807, 2.05) is 0 Å². The molecule has 4 N–H and O–H groups in total. The van der Waals surface area contributed by atoms with Crippen LogP contribution in [0.5, 0.6) is 0 Å². The lowest BCUT2D eigenvalue weighted by molar-refractivity contribution is -0.0846. The maximum absolute atomic E-state index is 12.1. The fraction of sp³-hybridized carbons (Fsp3) is 0.500. The van der Waals surface area contributed by atoms with E-state index < -0.39 is 10.0 Å². The van der Waals surface area contributed by atoms with Crippen LogP contribution in [0.4, 0.5) is 5.82 Å². The zero-order valence-electron chi connectivity index (χ0n) is 10.5. The molecule has 1 aromatic heterocycles. The molecule has 0 spiro atoms. The van der Waals surface area contributed by atoms with Crippen molar-refractivity contribution in [2.75, 3.05) is 31.8 Å². The number of nitrogens with two attached hydrogens (primary N) is 1. The third-order valence-electron chi connectivity index (χ3n) is 2.65. The summed E-state index contributed by atoms with van der Waals surface area (Å²) < 4.78 is 37.1. The standard InChI is InChI=1S/C10H15ClN4O4S/c11-9-3-8(5-13-10(9)15-12)20(16,17)14-4-7-6-18-1-2-19-7/h3,5,7,14H,1-2,4,6,12H2,(H,13,15). The lowest BCUT2D eigenvalue weighted by atomic mass is 10.3. The molecule has 112 valence electrons. The van der Waals surface area contributed by atoms with Crippen molar-refractivity contribution in [3.63, 3.8) is 0 Å². The van der Waals surface area contributed by atoms with Gasteiger partial charge in [0.15, 0.2) is 5.82 Å². The molecule has 20 heavy (non-hydrogen) atoms. The van der Waals surface area contributed by atoms with E-state index in [0.717, 1.165) is 0 Å². The van der Waals surface area contributed by atoms with E-state index in [1.165, 1.54) is 12.3 Å². The van der Waals surface area contributed by atoms with E-state index in [4.69, 9.17) is 26.9 Å². The minimum Gasteiger partial charge on any atom is -0.376 e. The fourth-order valence-electron chi connectivity index (χ4n) is 1.61. The van der Waals surface area contributed by atoms with Gasteiger partial charge in [-0.15, -0.1) is 0 Å². The normalized spacial score (nSPS) is 19.8. The maximum atomic E-state index is 12.1. The van der Waals surface area contributed by atoms with Crippen molar-refractivity contribution in [2.45, 2.75) is 11.0 Å². The second-order valence-electron chi connectivity index (χ2n) is 4.07. The molecule has 2 heterocycles. The van der Waals surface area contributed by atoms with E-state index >= 15 is 0 Å². The summed E-state index contributed by atoms with van der Waals surface area (Å²) in [5.74, 6) is 5.38. The third-order valence-corrected chi connectivity index (χ3v) is 4.33. The molecule has 1 aromatic rings.